The third-order valence-electron chi connectivity index (χ3n) is 3.79. The normalized spacial score (nSPS) is 13.3. The van der Waals surface area contributed by atoms with Gasteiger partial charge in [-0.2, -0.15) is 5.10 Å². The van der Waals surface area contributed by atoms with Crippen molar-refractivity contribution >= 4 is 6.09 Å². The summed E-state index contributed by atoms with van der Waals surface area (Å²) >= 11 is 0. The molecule has 136 valence electrons. The molecule has 3 N–H and O–H groups in total. The molecular weight excluding hydrogens is 322 g/mol. The summed E-state index contributed by atoms with van der Waals surface area (Å²) in [7, 11) is 0. The molecule has 2 unspecified atom stereocenters. The number of nitrogens with one attached hydrogen (secondary N) is 1. The largest absolute Gasteiger partial charge is 0.445 e. The van der Waals surface area contributed by atoms with E-state index in [0.717, 1.165) is 18.5 Å². The van der Waals surface area contributed by atoms with Gasteiger partial charge in [0.2, 0.25) is 0 Å². The van der Waals surface area contributed by atoms with Gasteiger partial charge in [-0.05, 0) is 18.9 Å². The monoisotopic (exact) mass is 347 g/mol. The van der Waals surface area contributed by atoms with Crippen LogP contribution in [0.1, 0.15) is 36.3 Å². The van der Waals surface area contributed by atoms with E-state index in [4.69, 9.17) is 4.74 Å². The highest BCUT2D eigenvalue weighted by Gasteiger charge is 2.23. The molecule has 1 amide bonds. The van der Waals surface area contributed by atoms with E-state index in [1.807, 2.05) is 37.3 Å². The predicted molar refractivity (Wildman–Crippen MR) is 92.9 cm³/mol. The van der Waals surface area contributed by atoms with Gasteiger partial charge >= 0.3 is 6.09 Å². The highest BCUT2D eigenvalue weighted by Crippen LogP contribution is 2.20. The molecule has 0 aliphatic carbocycles. The van der Waals surface area contributed by atoms with Crippen molar-refractivity contribution < 1.29 is 19.7 Å². The molecule has 1 heterocycles. The lowest BCUT2D eigenvalue weighted by Crippen LogP contribution is -2.35. The van der Waals surface area contributed by atoms with Crippen molar-refractivity contribution in [3.63, 3.8) is 0 Å². The molecule has 2 rings (SSSR count). The van der Waals surface area contributed by atoms with Crippen LogP contribution in [0.2, 0.25) is 0 Å². The number of aromatic nitrogens is 2. The highest BCUT2D eigenvalue weighted by molar-refractivity contribution is 5.67. The number of aliphatic hydroxyl groups excluding tert-OH is 2. The first-order valence-corrected chi connectivity index (χ1v) is 8.36. The zero-order chi connectivity index (χ0) is 18.2. The van der Waals surface area contributed by atoms with Gasteiger partial charge in [-0.1, -0.05) is 37.3 Å². The average molecular weight is 347 g/mol. The molecule has 7 heteroatoms. The van der Waals surface area contributed by atoms with Gasteiger partial charge in [-0.15, -0.1) is 0 Å². The number of hydrogen-bond donors (Lipinski definition) is 3. The summed E-state index contributed by atoms with van der Waals surface area (Å²) in [5.41, 5.74) is 2.09. The summed E-state index contributed by atoms with van der Waals surface area (Å²) in [6.45, 7) is 4.58. The van der Waals surface area contributed by atoms with E-state index < -0.39 is 18.3 Å². The lowest BCUT2D eigenvalue weighted by atomic mass is 10.1. The smallest absolute Gasteiger partial charge is 0.407 e. The molecule has 2 atom stereocenters. The summed E-state index contributed by atoms with van der Waals surface area (Å²) in [6.07, 6.45) is -0.273. The SMILES string of the molecule is CCCn1cc(C(O)C(O)CNC(=O)OCc2ccccc2)c(C)n1. The fourth-order valence-electron chi connectivity index (χ4n) is 2.45. The minimum Gasteiger partial charge on any atom is -0.445 e. The van der Waals surface area contributed by atoms with Crippen LogP contribution in [-0.4, -0.2) is 38.7 Å². The lowest BCUT2D eigenvalue weighted by Gasteiger charge is -2.17. The van der Waals surface area contributed by atoms with E-state index >= 15 is 0 Å². The van der Waals surface area contributed by atoms with Crippen LogP contribution in [-0.2, 0) is 17.9 Å². The number of hydrogen-bond acceptors (Lipinski definition) is 5. The summed E-state index contributed by atoms with van der Waals surface area (Å²) in [5.74, 6) is 0. The molecular formula is C18H25N3O4. The van der Waals surface area contributed by atoms with Crippen LogP contribution in [0.5, 0.6) is 0 Å². The Morgan fingerprint density at radius 3 is 2.72 bits per heavy atom. The van der Waals surface area contributed by atoms with E-state index in [2.05, 4.69) is 10.4 Å². The van der Waals surface area contributed by atoms with Gasteiger partial charge in [0.15, 0.2) is 0 Å². The van der Waals surface area contributed by atoms with Crippen molar-refractivity contribution in [3.05, 3.63) is 53.3 Å². The van der Waals surface area contributed by atoms with Gasteiger partial charge in [0.1, 0.15) is 18.8 Å². The fourth-order valence-corrected chi connectivity index (χ4v) is 2.45. The molecule has 1 aromatic heterocycles. The van der Waals surface area contributed by atoms with E-state index in [1.165, 1.54) is 0 Å². The second kappa shape index (κ2) is 9.19. The number of benzene rings is 1. The first-order valence-electron chi connectivity index (χ1n) is 8.36. The number of carbonyl (C=O) groups excluding carboxylic acids is 1. The van der Waals surface area contributed by atoms with Crippen molar-refractivity contribution in [1.29, 1.82) is 0 Å². The third kappa shape index (κ3) is 5.58. The molecule has 0 saturated carbocycles. The quantitative estimate of drug-likeness (QED) is 0.678. The predicted octanol–water partition coefficient (Wildman–Crippen LogP) is 1.92. The Bertz CT molecular complexity index is 672. The number of aryl methyl sites for hydroxylation is 2. The molecule has 0 saturated heterocycles. The number of ether oxygens (including phenoxy) is 1. The maximum atomic E-state index is 11.7. The Morgan fingerprint density at radius 2 is 2.04 bits per heavy atom. The second-order valence-corrected chi connectivity index (χ2v) is 5.89. The molecule has 2 aromatic rings. The first kappa shape index (κ1) is 19.0. The van der Waals surface area contributed by atoms with Crippen molar-refractivity contribution in [2.75, 3.05) is 6.54 Å². The van der Waals surface area contributed by atoms with E-state index in [9.17, 15) is 15.0 Å². The van der Waals surface area contributed by atoms with Crippen molar-refractivity contribution in [2.24, 2.45) is 0 Å². The second-order valence-electron chi connectivity index (χ2n) is 5.89. The maximum absolute atomic E-state index is 11.7. The molecule has 1 aromatic carbocycles. The molecule has 0 bridgehead atoms. The highest BCUT2D eigenvalue weighted by atomic mass is 16.5. The number of amides is 1. The number of carbonyl (C=O) groups is 1. The standard InChI is InChI=1S/C18H25N3O4/c1-3-9-21-11-15(13(2)20-21)17(23)16(22)10-19-18(24)25-12-14-7-5-4-6-8-14/h4-8,11,16-17,22-23H,3,9-10,12H2,1-2H3,(H,19,24). The van der Waals surface area contributed by atoms with Gasteiger partial charge < -0.3 is 20.3 Å². The van der Waals surface area contributed by atoms with E-state index in [1.54, 1.807) is 17.8 Å². The summed E-state index contributed by atoms with van der Waals surface area (Å²) in [4.78, 5) is 11.7. The van der Waals surface area contributed by atoms with Crippen LogP contribution in [0.15, 0.2) is 36.5 Å². The minimum absolute atomic E-state index is 0.118. The number of rotatable bonds is 8. The van der Waals surface area contributed by atoms with Crippen molar-refractivity contribution in [3.8, 4) is 0 Å². The van der Waals surface area contributed by atoms with Gasteiger partial charge in [-0.25, -0.2) is 4.79 Å². The summed E-state index contributed by atoms with van der Waals surface area (Å²) in [5, 5.41) is 27.1. The van der Waals surface area contributed by atoms with Crippen molar-refractivity contribution in [2.45, 2.75) is 45.6 Å². The topological polar surface area (TPSA) is 96.6 Å². The third-order valence-corrected chi connectivity index (χ3v) is 3.79. The number of nitrogens with zero attached hydrogens (tertiary/aromatic N) is 2. The number of alkyl carbamates (subject to hydrolysis) is 1. The van der Waals surface area contributed by atoms with Gasteiger partial charge in [0, 0.05) is 24.8 Å². The Labute approximate surface area is 147 Å². The van der Waals surface area contributed by atoms with Crippen LogP contribution in [0.3, 0.4) is 0 Å². The Balaban J connectivity index is 1.80. The lowest BCUT2D eigenvalue weighted by molar-refractivity contribution is 0.0180. The van der Waals surface area contributed by atoms with Crippen LogP contribution in [0.25, 0.3) is 0 Å². The maximum Gasteiger partial charge on any atom is 0.407 e. The van der Waals surface area contributed by atoms with Crippen molar-refractivity contribution in [1.82, 2.24) is 15.1 Å². The van der Waals surface area contributed by atoms with Gasteiger partial charge in [-0.3, -0.25) is 4.68 Å². The zero-order valence-corrected chi connectivity index (χ0v) is 14.6. The number of aliphatic hydroxyl groups is 2. The molecule has 7 nitrogen and oxygen atoms in total. The fraction of sp³-hybridized carbons (Fsp3) is 0.444. The molecule has 25 heavy (non-hydrogen) atoms. The van der Waals surface area contributed by atoms with Crippen LogP contribution >= 0.6 is 0 Å². The molecule has 0 radical (unpaired) electrons. The van der Waals surface area contributed by atoms with Crippen LogP contribution in [0.4, 0.5) is 4.79 Å². The van der Waals surface area contributed by atoms with E-state index in [0.29, 0.717) is 11.3 Å². The first-order chi connectivity index (χ1) is 12.0. The molecule has 0 aliphatic rings. The van der Waals surface area contributed by atoms with Crippen LogP contribution in [0, 0.1) is 6.92 Å². The molecule has 0 spiro atoms. The average Bonchev–Trinajstić information content (AvgIpc) is 2.98. The van der Waals surface area contributed by atoms with Gasteiger partial charge in [0.05, 0.1) is 5.69 Å². The Kier molecular flexibility index (Phi) is 6.97. The Hall–Kier alpha value is -2.38. The van der Waals surface area contributed by atoms with Crippen LogP contribution < -0.4 is 5.32 Å². The van der Waals surface area contributed by atoms with E-state index in [-0.39, 0.29) is 13.2 Å². The zero-order valence-electron chi connectivity index (χ0n) is 14.6. The molecule has 0 aliphatic heterocycles. The van der Waals surface area contributed by atoms with Gasteiger partial charge in [0.25, 0.3) is 0 Å². The summed E-state index contributed by atoms with van der Waals surface area (Å²) in [6, 6.07) is 9.30. The Morgan fingerprint density at radius 1 is 1.32 bits per heavy atom. The minimum atomic E-state index is -1.15. The molecule has 0 fully saturated rings. The summed E-state index contributed by atoms with van der Waals surface area (Å²) < 4.78 is 6.80.